The van der Waals surface area contributed by atoms with Crippen molar-refractivity contribution in [1.82, 2.24) is 0 Å². The van der Waals surface area contributed by atoms with Crippen LogP contribution < -0.4 is 5.32 Å². The van der Waals surface area contributed by atoms with Crippen LogP contribution in [0.1, 0.15) is 54.9 Å². The minimum Gasteiger partial charge on any atom is -0.368 e. The van der Waals surface area contributed by atoms with Crippen LogP contribution in [0.4, 0.5) is 5.69 Å². The molecule has 4 aromatic rings. The van der Waals surface area contributed by atoms with Crippen LogP contribution >= 0.6 is 0 Å². The Labute approximate surface area is 193 Å². The van der Waals surface area contributed by atoms with E-state index < -0.39 is 5.54 Å². The van der Waals surface area contributed by atoms with Crippen molar-refractivity contribution in [3.05, 3.63) is 138 Å². The highest BCUT2D eigenvalue weighted by molar-refractivity contribution is 5.62. The summed E-state index contributed by atoms with van der Waals surface area (Å²) in [6.45, 7) is 2.27. The number of benzene rings is 4. The van der Waals surface area contributed by atoms with Crippen molar-refractivity contribution >= 4 is 5.69 Å². The van der Waals surface area contributed by atoms with Gasteiger partial charge >= 0.3 is 0 Å². The maximum Gasteiger partial charge on any atom is 0.114 e. The van der Waals surface area contributed by atoms with Gasteiger partial charge in [0.15, 0.2) is 0 Å². The van der Waals surface area contributed by atoms with Crippen molar-refractivity contribution in [2.24, 2.45) is 0 Å². The number of anilines is 1. The molecule has 4 rings (SSSR count). The summed E-state index contributed by atoms with van der Waals surface area (Å²) in [5.41, 5.74) is 5.81. The second-order valence-corrected chi connectivity index (χ2v) is 8.44. The van der Waals surface area contributed by atoms with Crippen LogP contribution in [0.25, 0.3) is 0 Å². The van der Waals surface area contributed by atoms with Crippen LogP contribution in [0.5, 0.6) is 0 Å². The molecule has 0 bridgehead atoms. The second kappa shape index (κ2) is 10.8. The van der Waals surface area contributed by atoms with E-state index in [9.17, 15) is 0 Å². The van der Waals surface area contributed by atoms with Gasteiger partial charge in [-0.15, -0.1) is 0 Å². The van der Waals surface area contributed by atoms with E-state index in [1.807, 2.05) is 0 Å². The van der Waals surface area contributed by atoms with Gasteiger partial charge in [0.05, 0.1) is 0 Å². The summed E-state index contributed by atoms with van der Waals surface area (Å²) in [5.74, 6) is 0. The zero-order valence-corrected chi connectivity index (χ0v) is 19.0. The highest BCUT2D eigenvalue weighted by Gasteiger charge is 2.36. The third-order valence-corrected chi connectivity index (χ3v) is 6.26. The molecule has 1 nitrogen and oxygen atoms in total. The highest BCUT2D eigenvalue weighted by Crippen LogP contribution is 2.40. The molecule has 0 spiro atoms. The molecule has 4 aromatic carbocycles. The van der Waals surface area contributed by atoms with Crippen molar-refractivity contribution in [2.75, 3.05) is 5.32 Å². The molecular weight excluding hydrogens is 386 g/mol. The zero-order valence-electron chi connectivity index (χ0n) is 19.0. The molecule has 0 heterocycles. The smallest absolute Gasteiger partial charge is 0.114 e. The van der Waals surface area contributed by atoms with E-state index in [1.165, 1.54) is 53.6 Å². The van der Waals surface area contributed by atoms with Gasteiger partial charge in [-0.1, -0.05) is 135 Å². The van der Waals surface area contributed by atoms with Crippen molar-refractivity contribution in [3.63, 3.8) is 0 Å². The van der Waals surface area contributed by atoms with Gasteiger partial charge in [-0.25, -0.2) is 0 Å². The van der Waals surface area contributed by atoms with Crippen LogP contribution in [0, 0.1) is 0 Å². The van der Waals surface area contributed by atoms with Gasteiger partial charge in [-0.2, -0.15) is 0 Å². The summed E-state index contributed by atoms with van der Waals surface area (Å²) in [6.07, 6.45) is 6.17. The van der Waals surface area contributed by atoms with Crippen molar-refractivity contribution in [2.45, 2.75) is 44.6 Å². The van der Waals surface area contributed by atoms with E-state index in [0.29, 0.717) is 0 Å². The number of para-hydroxylation sites is 1. The predicted octanol–water partition coefficient (Wildman–Crippen LogP) is 8.21. The number of rotatable bonds is 10. The van der Waals surface area contributed by atoms with E-state index in [0.717, 1.165) is 6.42 Å². The Morgan fingerprint density at radius 1 is 0.531 bits per heavy atom. The molecule has 0 fully saturated rings. The number of aryl methyl sites for hydroxylation is 1. The Bertz CT molecular complexity index is 974. The zero-order chi connectivity index (χ0) is 22.1. The molecule has 0 aliphatic carbocycles. The molecule has 0 saturated heterocycles. The van der Waals surface area contributed by atoms with E-state index in [2.05, 4.69) is 128 Å². The highest BCUT2D eigenvalue weighted by atomic mass is 15.0. The standard InChI is InChI=1S/C31H33N/c1-2-3-4-8-17-26-18-15-16-25-30(26)32-31(27-19-9-5-10-20-27,28-21-11-6-12-22-28)29-23-13-7-14-24-29/h5-7,9-16,18-25,32H,2-4,8,17H2,1H3. The number of unbranched alkanes of at least 4 members (excludes halogenated alkanes) is 3. The Hall–Kier alpha value is -3.32. The van der Waals surface area contributed by atoms with Gasteiger partial charge in [0.2, 0.25) is 0 Å². The van der Waals surface area contributed by atoms with Crippen molar-refractivity contribution < 1.29 is 0 Å². The summed E-state index contributed by atoms with van der Waals surface area (Å²) >= 11 is 0. The summed E-state index contributed by atoms with van der Waals surface area (Å²) in [6, 6.07) is 41.3. The minimum absolute atomic E-state index is 0.483. The average molecular weight is 420 g/mol. The molecule has 0 atom stereocenters. The number of hydrogen-bond acceptors (Lipinski definition) is 1. The van der Waals surface area contributed by atoms with Gasteiger partial charge < -0.3 is 5.32 Å². The van der Waals surface area contributed by atoms with Crippen LogP contribution in [-0.4, -0.2) is 0 Å². The van der Waals surface area contributed by atoms with E-state index >= 15 is 0 Å². The molecule has 0 aliphatic rings. The molecule has 0 amide bonds. The maximum absolute atomic E-state index is 4.05. The van der Waals surface area contributed by atoms with Crippen LogP contribution in [-0.2, 0) is 12.0 Å². The average Bonchev–Trinajstić information content (AvgIpc) is 2.87. The van der Waals surface area contributed by atoms with E-state index in [-0.39, 0.29) is 0 Å². The molecular formula is C31H33N. The molecule has 0 aliphatic heterocycles. The third kappa shape index (κ3) is 4.78. The summed E-state index contributed by atoms with van der Waals surface area (Å²) in [4.78, 5) is 0. The van der Waals surface area contributed by atoms with Gasteiger partial charge in [0.25, 0.3) is 0 Å². The minimum atomic E-state index is -0.483. The van der Waals surface area contributed by atoms with Crippen LogP contribution in [0.3, 0.4) is 0 Å². The van der Waals surface area contributed by atoms with Crippen LogP contribution in [0.15, 0.2) is 115 Å². The number of hydrogen-bond donors (Lipinski definition) is 1. The fourth-order valence-electron chi connectivity index (χ4n) is 4.59. The first-order valence-corrected chi connectivity index (χ1v) is 11.9. The Kier molecular flexibility index (Phi) is 7.40. The summed E-state index contributed by atoms with van der Waals surface area (Å²) < 4.78 is 0. The van der Waals surface area contributed by atoms with E-state index in [1.54, 1.807) is 0 Å². The fourth-order valence-corrected chi connectivity index (χ4v) is 4.59. The van der Waals surface area contributed by atoms with Gasteiger partial charge in [-0.05, 0) is 41.2 Å². The molecule has 0 unspecified atom stereocenters. The first-order valence-electron chi connectivity index (χ1n) is 11.9. The molecule has 1 N–H and O–H groups in total. The first-order chi connectivity index (χ1) is 15.8. The molecule has 0 radical (unpaired) electrons. The Balaban J connectivity index is 1.85. The summed E-state index contributed by atoms with van der Waals surface area (Å²) in [5, 5.41) is 4.05. The lowest BCUT2D eigenvalue weighted by atomic mass is 9.76. The molecule has 0 saturated carbocycles. The molecule has 1 heteroatoms. The second-order valence-electron chi connectivity index (χ2n) is 8.44. The van der Waals surface area contributed by atoms with Crippen molar-refractivity contribution in [3.8, 4) is 0 Å². The largest absolute Gasteiger partial charge is 0.368 e. The lowest BCUT2D eigenvalue weighted by Crippen LogP contribution is -2.38. The van der Waals surface area contributed by atoms with Gasteiger partial charge in [0, 0.05) is 5.69 Å². The van der Waals surface area contributed by atoms with E-state index in [4.69, 9.17) is 0 Å². The summed E-state index contributed by atoms with van der Waals surface area (Å²) in [7, 11) is 0. The lowest BCUT2D eigenvalue weighted by molar-refractivity contribution is 0.664. The first kappa shape index (κ1) is 21.9. The monoisotopic (exact) mass is 419 g/mol. The van der Waals surface area contributed by atoms with Crippen LogP contribution in [0.2, 0.25) is 0 Å². The molecule has 32 heavy (non-hydrogen) atoms. The van der Waals surface area contributed by atoms with Gasteiger partial charge in [0.1, 0.15) is 5.54 Å². The predicted molar refractivity (Wildman–Crippen MR) is 137 cm³/mol. The third-order valence-electron chi connectivity index (χ3n) is 6.26. The topological polar surface area (TPSA) is 12.0 Å². The quantitative estimate of drug-likeness (QED) is 0.202. The number of nitrogens with one attached hydrogen (secondary N) is 1. The van der Waals surface area contributed by atoms with Gasteiger partial charge in [-0.3, -0.25) is 0 Å². The lowest BCUT2D eigenvalue weighted by Gasteiger charge is -2.38. The molecule has 0 aromatic heterocycles. The fraction of sp³-hybridized carbons (Fsp3) is 0.226. The maximum atomic E-state index is 4.05. The normalized spacial score (nSPS) is 11.3. The van der Waals surface area contributed by atoms with Crippen molar-refractivity contribution in [1.29, 1.82) is 0 Å². The SMILES string of the molecule is CCCCCCc1ccccc1NC(c1ccccc1)(c1ccccc1)c1ccccc1. The molecule has 162 valence electrons. The Morgan fingerprint density at radius 2 is 1.00 bits per heavy atom. The Morgan fingerprint density at radius 3 is 1.50 bits per heavy atom.